The summed E-state index contributed by atoms with van der Waals surface area (Å²) >= 11 is 0. The van der Waals surface area contributed by atoms with E-state index in [1.165, 1.54) is 11.4 Å². The Kier molecular flexibility index (Phi) is 5.93. The molecule has 0 amide bonds. The molecule has 108 valence electrons. The molecule has 1 aromatic carbocycles. The third kappa shape index (κ3) is 5.28. The van der Waals surface area contributed by atoms with Crippen molar-refractivity contribution in [1.82, 2.24) is 9.03 Å². The predicted octanol–water partition coefficient (Wildman–Crippen LogP) is 0.970. The SMILES string of the molecule is CC(C)C(O)CNS(=O)(=O)N(C)Cc1ccccc1. The minimum absolute atomic E-state index is 0.0159. The maximum absolute atomic E-state index is 12.0. The van der Waals surface area contributed by atoms with E-state index in [2.05, 4.69) is 4.72 Å². The highest BCUT2D eigenvalue weighted by molar-refractivity contribution is 7.87. The van der Waals surface area contributed by atoms with Gasteiger partial charge in [-0.1, -0.05) is 44.2 Å². The molecule has 19 heavy (non-hydrogen) atoms. The van der Waals surface area contributed by atoms with Crippen LogP contribution in [-0.4, -0.2) is 37.5 Å². The molecule has 0 saturated carbocycles. The first kappa shape index (κ1) is 16.1. The lowest BCUT2D eigenvalue weighted by molar-refractivity contribution is 0.129. The Balaban J connectivity index is 2.57. The van der Waals surface area contributed by atoms with Crippen LogP contribution in [-0.2, 0) is 16.8 Å². The summed E-state index contributed by atoms with van der Waals surface area (Å²) in [7, 11) is -2.05. The van der Waals surface area contributed by atoms with Crippen LogP contribution in [0.5, 0.6) is 0 Å². The number of aliphatic hydroxyl groups is 1. The lowest BCUT2D eigenvalue weighted by Crippen LogP contribution is -2.42. The first-order chi connectivity index (χ1) is 8.83. The maximum Gasteiger partial charge on any atom is 0.279 e. The molecule has 2 N–H and O–H groups in total. The van der Waals surface area contributed by atoms with Crippen LogP contribution >= 0.6 is 0 Å². The molecule has 1 unspecified atom stereocenters. The van der Waals surface area contributed by atoms with E-state index in [1.807, 2.05) is 44.2 Å². The van der Waals surface area contributed by atoms with E-state index >= 15 is 0 Å². The van der Waals surface area contributed by atoms with Crippen molar-refractivity contribution < 1.29 is 13.5 Å². The zero-order chi connectivity index (χ0) is 14.5. The summed E-state index contributed by atoms with van der Waals surface area (Å²) in [5.41, 5.74) is 0.916. The van der Waals surface area contributed by atoms with Gasteiger partial charge in [-0.2, -0.15) is 17.4 Å². The van der Waals surface area contributed by atoms with Gasteiger partial charge < -0.3 is 5.11 Å². The summed E-state index contributed by atoms with van der Waals surface area (Å²) in [6.07, 6.45) is -0.681. The number of benzene rings is 1. The molecule has 5 nitrogen and oxygen atoms in total. The molecule has 0 spiro atoms. The topological polar surface area (TPSA) is 69.6 Å². The first-order valence-electron chi connectivity index (χ1n) is 6.26. The highest BCUT2D eigenvalue weighted by atomic mass is 32.2. The van der Waals surface area contributed by atoms with E-state index < -0.39 is 16.3 Å². The minimum Gasteiger partial charge on any atom is -0.391 e. The molecule has 0 bridgehead atoms. The van der Waals surface area contributed by atoms with Gasteiger partial charge in [0.1, 0.15) is 0 Å². The largest absolute Gasteiger partial charge is 0.391 e. The second kappa shape index (κ2) is 7.00. The summed E-state index contributed by atoms with van der Waals surface area (Å²) in [5.74, 6) is 0.0159. The fourth-order valence-electron chi connectivity index (χ4n) is 1.46. The Morgan fingerprint density at radius 2 is 1.84 bits per heavy atom. The molecule has 0 fully saturated rings. The van der Waals surface area contributed by atoms with E-state index in [0.717, 1.165) is 5.56 Å². The molecule has 0 aliphatic carbocycles. The molecule has 0 radical (unpaired) electrons. The third-order valence-corrected chi connectivity index (χ3v) is 4.38. The first-order valence-corrected chi connectivity index (χ1v) is 7.70. The molecule has 6 heteroatoms. The summed E-state index contributed by atoms with van der Waals surface area (Å²) in [4.78, 5) is 0. The molecule has 1 atom stereocenters. The normalized spacial score (nSPS) is 14.0. The van der Waals surface area contributed by atoms with Gasteiger partial charge in [-0.05, 0) is 11.5 Å². The smallest absolute Gasteiger partial charge is 0.279 e. The average molecular weight is 286 g/mol. The van der Waals surface area contributed by atoms with Crippen LogP contribution in [0.4, 0.5) is 0 Å². The van der Waals surface area contributed by atoms with Crippen molar-refractivity contribution in [3.05, 3.63) is 35.9 Å². The van der Waals surface area contributed by atoms with Gasteiger partial charge in [0.15, 0.2) is 0 Å². The van der Waals surface area contributed by atoms with Crippen LogP contribution < -0.4 is 4.72 Å². The van der Waals surface area contributed by atoms with Gasteiger partial charge in [0.05, 0.1) is 6.10 Å². The zero-order valence-corrected chi connectivity index (χ0v) is 12.4. The van der Waals surface area contributed by atoms with Crippen LogP contribution in [0.1, 0.15) is 19.4 Å². The lowest BCUT2D eigenvalue weighted by atomic mass is 10.1. The van der Waals surface area contributed by atoms with Crippen LogP contribution in [0.15, 0.2) is 30.3 Å². The van der Waals surface area contributed by atoms with Gasteiger partial charge in [0.25, 0.3) is 10.2 Å². The van der Waals surface area contributed by atoms with Gasteiger partial charge in [-0.3, -0.25) is 0 Å². The fraction of sp³-hybridized carbons (Fsp3) is 0.538. The summed E-state index contributed by atoms with van der Waals surface area (Å²) in [5, 5.41) is 9.62. The van der Waals surface area contributed by atoms with E-state index in [0.29, 0.717) is 6.54 Å². The zero-order valence-electron chi connectivity index (χ0n) is 11.6. The van der Waals surface area contributed by atoms with Crippen molar-refractivity contribution in [3.63, 3.8) is 0 Å². The van der Waals surface area contributed by atoms with Gasteiger partial charge >= 0.3 is 0 Å². The molecule has 0 heterocycles. The van der Waals surface area contributed by atoms with Crippen molar-refractivity contribution in [2.75, 3.05) is 13.6 Å². The van der Waals surface area contributed by atoms with E-state index in [-0.39, 0.29) is 12.5 Å². The molecule has 0 aromatic heterocycles. The van der Waals surface area contributed by atoms with E-state index in [1.54, 1.807) is 0 Å². The Hall–Kier alpha value is -0.950. The highest BCUT2D eigenvalue weighted by Crippen LogP contribution is 2.06. The molecular formula is C13H22N2O3S. The van der Waals surface area contributed by atoms with Gasteiger partial charge in [-0.15, -0.1) is 0 Å². The highest BCUT2D eigenvalue weighted by Gasteiger charge is 2.19. The van der Waals surface area contributed by atoms with Gasteiger partial charge in [0, 0.05) is 20.1 Å². The van der Waals surface area contributed by atoms with E-state index in [4.69, 9.17) is 0 Å². The quantitative estimate of drug-likeness (QED) is 0.784. The van der Waals surface area contributed by atoms with Crippen LogP contribution in [0.25, 0.3) is 0 Å². The van der Waals surface area contributed by atoms with Crippen molar-refractivity contribution in [2.24, 2.45) is 5.92 Å². The Morgan fingerprint density at radius 3 is 2.37 bits per heavy atom. The number of nitrogens with one attached hydrogen (secondary N) is 1. The molecule has 1 aromatic rings. The maximum atomic E-state index is 12.0. The van der Waals surface area contributed by atoms with Crippen LogP contribution in [0, 0.1) is 5.92 Å². The van der Waals surface area contributed by atoms with Crippen molar-refractivity contribution >= 4 is 10.2 Å². The third-order valence-electron chi connectivity index (χ3n) is 2.90. The summed E-state index contributed by atoms with van der Waals surface area (Å²) in [6.45, 7) is 4.01. The Bertz CT molecular complexity index is 474. The Morgan fingerprint density at radius 1 is 1.26 bits per heavy atom. The van der Waals surface area contributed by atoms with Crippen LogP contribution in [0.3, 0.4) is 0 Å². The summed E-state index contributed by atoms with van der Waals surface area (Å²) < 4.78 is 27.6. The second-order valence-corrected chi connectivity index (χ2v) is 6.77. The molecule has 1 rings (SSSR count). The molecule has 0 saturated heterocycles. The number of aliphatic hydroxyl groups excluding tert-OH is 1. The fourth-order valence-corrected chi connectivity index (χ4v) is 2.38. The average Bonchev–Trinajstić information content (AvgIpc) is 2.37. The Labute approximate surface area is 115 Å². The molecule has 0 aliphatic rings. The molecular weight excluding hydrogens is 264 g/mol. The summed E-state index contributed by atoms with van der Waals surface area (Å²) in [6, 6.07) is 9.36. The van der Waals surface area contributed by atoms with Crippen molar-refractivity contribution in [1.29, 1.82) is 0 Å². The van der Waals surface area contributed by atoms with Crippen molar-refractivity contribution in [3.8, 4) is 0 Å². The second-order valence-electron chi connectivity index (χ2n) is 4.91. The number of hydrogen-bond donors (Lipinski definition) is 2. The van der Waals surface area contributed by atoms with Gasteiger partial charge in [-0.25, -0.2) is 0 Å². The van der Waals surface area contributed by atoms with Crippen LogP contribution in [0.2, 0.25) is 0 Å². The minimum atomic E-state index is -3.56. The standard InChI is InChI=1S/C13H22N2O3S/c1-11(2)13(16)9-14-19(17,18)15(3)10-12-7-5-4-6-8-12/h4-8,11,13-14,16H,9-10H2,1-3H3. The van der Waals surface area contributed by atoms with Crippen molar-refractivity contribution in [2.45, 2.75) is 26.5 Å². The molecule has 0 aliphatic heterocycles. The monoisotopic (exact) mass is 286 g/mol. The number of hydrogen-bond acceptors (Lipinski definition) is 3. The number of rotatable bonds is 7. The van der Waals surface area contributed by atoms with E-state index in [9.17, 15) is 13.5 Å². The van der Waals surface area contributed by atoms with Gasteiger partial charge in [0.2, 0.25) is 0 Å². The lowest BCUT2D eigenvalue weighted by Gasteiger charge is -2.20. The number of nitrogens with zero attached hydrogens (tertiary/aromatic N) is 1. The predicted molar refractivity (Wildman–Crippen MR) is 75.7 cm³/mol.